The molecule has 1 aromatic heterocycles. The fourth-order valence-electron chi connectivity index (χ4n) is 2.30. The van der Waals surface area contributed by atoms with E-state index in [-0.39, 0.29) is 0 Å². The molecule has 0 radical (unpaired) electrons. The average molecular weight is 337 g/mol. The van der Waals surface area contributed by atoms with E-state index in [0.717, 1.165) is 24.0 Å². The summed E-state index contributed by atoms with van der Waals surface area (Å²) in [5, 5.41) is 5.35. The molecule has 4 heteroatoms. The van der Waals surface area contributed by atoms with Crippen molar-refractivity contribution in [2.24, 2.45) is 0 Å². The quantitative estimate of drug-likeness (QED) is 0.554. The predicted octanol–water partition coefficient (Wildman–Crippen LogP) is 4.37. The Bertz CT molecular complexity index is 523. The summed E-state index contributed by atoms with van der Waals surface area (Å²) < 4.78 is 7.82. The molecule has 0 atom stereocenters. The maximum absolute atomic E-state index is 5.71. The number of ether oxygens (including phenoxy) is 1. The van der Waals surface area contributed by atoms with Crippen LogP contribution in [0.5, 0.6) is 5.75 Å². The molecular formula is C16H21BrN2O. The van der Waals surface area contributed by atoms with E-state index in [1.54, 1.807) is 0 Å². The summed E-state index contributed by atoms with van der Waals surface area (Å²) in [6, 6.07) is 9.93. The number of nitrogens with zero attached hydrogens (tertiary/aromatic N) is 2. The van der Waals surface area contributed by atoms with Gasteiger partial charge in [0.15, 0.2) is 0 Å². The molecule has 2 rings (SSSR count). The highest BCUT2D eigenvalue weighted by Gasteiger charge is 2.12. The summed E-state index contributed by atoms with van der Waals surface area (Å²) in [5.41, 5.74) is 2.60. The van der Waals surface area contributed by atoms with Crippen LogP contribution in [-0.2, 0) is 11.9 Å². The zero-order valence-corrected chi connectivity index (χ0v) is 13.6. The van der Waals surface area contributed by atoms with Crippen LogP contribution in [0.2, 0.25) is 0 Å². The Labute approximate surface area is 129 Å². The Morgan fingerprint density at radius 1 is 1.25 bits per heavy atom. The van der Waals surface area contributed by atoms with E-state index in [1.807, 2.05) is 36.5 Å². The van der Waals surface area contributed by atoms with E-state index >= 15 is 0 Å². The lowest BCUT2D eigenvalue weighted by atomic mass is 10.1. The summed E-state index contributed by atoms with van der Waals surface area (Å²) in [7, 11) is 0. The van der Waals surface area contributed by atoms with Crippen molar-refractivity contribution in [3.8, 4) is 5.75 Å². The third-order valence-electron chi connectivity index (χ3n) is 3.18. The summed E-state index contributed by atoms with van der Waals surface area (Å²) in [5.74, 6) is 1.42. The fraction of sp³-hybridized carbons (Fsp3) is 0.438. The molecule has 0 aliphatic rings. The van der Waals surface area contributed by atoms with Gasteiger partial charge in [0, 0.05) is 29.6 Å². The second kappa shape index (κ2) is 7.48. The van der Waals surface area contributed by atoms with Crippen LogP contribution < -0.4 is 4.74 Å². The van der Waals surface area contributed by atoms with Crippen LogP contribution in [0, 0.1) is 0 Å². The topological polar surface area (TPSA) is 27.1 Å². The number of hydrogen-bond donors (Lipinski definition) is 0. The summed E-state index contributed by atoms with van der Waals surface area (Å²) in [6.45, 7) is 6.03. The Balaban J connectivity index is 1.87. The molecule has 0 bridgehead atoms. The molecule has 0 aliphatic heterocycles. The van der Waals surface area contributed by atoms with Crippen molar-refractivity contribution in [3.05, 3.63) is 47.8 Å². The lowest BCUT2D eigenvalue weighted by molar-refractivity contribution is 0.297. The number of hydrogen-bond acceptors (Lipinski definition) is 2. The zero-order valence-electron chi connectivity index (χ0n) is 12.1. The van der Waals surface area contributed by atoms with Gasteiger partial charge in [-0.25, -0.2) is 0 Å². The molecule has 20 heavy (non-hydrogen) atoms. The average Bonchev–Trinajstić information content (AvgIpc) is 2.88. The van der Waals surface area contributed by atoms with Crippen LogP contribution in [0.15, 0.2) is 36.5 Å². The standard InChI is InChI=1S/C16H21BrN2O/c1-13(2)16-14(11-17)12-18-19(16)9-6-10-20-15-7-4-3-5-8-15/h3-5,7-8,12-13H,6,9-11H2,1-2H3. The SMILES string of the molecule is CC(C)c1c(CBr)cnn1CCCOc1ccccc1. The first-order chi connectivity index (χ1) is 9.72. The summed E-state index contributed by atoms with van der Waals surface area (Å²) in [6.07, 6.45) is 2.92. The van der Waals surface area contributed by atoms with Crippen LogP contribution in [0.1, 0.15) is 37.4 Å². The van der Waals surface area contributed by atoms with Crippen LogP contribution in [0.4, 0.5) is 0 Å². The van der Waals surface area contributed by atoms with Crippen molar-refractivity contribution in [3.63, 3.8) is 0 Å². The first kappa shape index (κ1) is 15.1. The summed E-state index contributed by atoms with van der Waals surface area (Å²) in [4.78, 5) is 0. The molecule has 0 unspecified atom stereocenters. The largest absolute Gasteiger partial charge is 0.494 e. The molecule has 0 fully saturated rings. The lowest BCUT2D eigenvalue weighted by Crippen LogP contribution is -2.10. The number of para-hydroxylation sites is 1. The third-order valence-corrected chi connectivity index (χ3v) is 3.78. The van der Waals surface area contributed by atoms with Gasteiger partial charge in [-0.2, -0.15) is 5.10 Å². The van der Waals surface area contributed by atoms with Gasteiger partial charge in [0.1, 0.15) is 5.75 Å². The molecule has 108 valence electrons. The van der Waals surface area contributed by atoms with E-state index in [4.69, 9.17) is 4.74 Å². The molecule has 3 nitrogen and oxygen atoms in total. The highest BCUT2D eigenvalue weighted by molar-refractivity contribution is 9.08. The molecule has 1 aromatic carbocycles. The smallest absolute Gasteiger partial charge is 0.119 e. The molecule has 2 aromatic rings. The molecule has 0 amide bonds. The van der Waals surface area contributed by atoms with Gasteiger partial charge < -0.3 is 4.74 Å². The third kappa shape index (κ3) is 3.85. The Morgan fingerprint density at radius 2 is 2.00 bits per heavy atom. The fourth-order valence-corrected chi connectivity index (χ4v) is 2.74. The van der Waals surface area contributed by atoms with Crippen LogP contribution in [0.25, 0.3) is 0 Å². The maximum Gasteiger partial charge on any atom is 0.119 e. The molecule has 0 saturated heterocycles. The van der Waals surface area contributed by atoms with Crippen LogP contribution in [-0.4, -0.2) is 16.4 Å². The Kier molecular flexibility index (Phi) is 5.65. The van der Waals surface area contributed by atoms with Gasteiger partial charge in [0.25, 0.3) is 0 Å². The minimum Gasteiger partial charge on any atom is -0.494 e. The predicted molar refractivity (Wildman–Crippen MR) is 85.5 cm³/mol. The monoisotopic (exact) mass is 336 g/mol. The van der Waals surface area contributed by atoms with Gasteiger partial charge in [-0.3, -0.25) is 4.68 Å². The van der Waals surface area contributed by atoms with Gasteiger partial charge >= 0.3 is 0 Å². The van der Waals surface area contributed by atoms with Gasteiger partial charge in [0.05, 0.1) is 12.8 Å². The number of rotatable bonds is 7. The molecule has 0 N–H and O–H groups in total. The van der Waals surface area contributed by atoms with Gasteiger partial charge in [-0.05, 0) is 18.1 Å². The normalized spacial score (nSPS) is 11.0. The number of halogens is 1. The van der Waals surface area contributed by atoms with E-state index < -0.39 is 0 Å². The van der Waals surface area contributed by atoms with Crippen LogP contribution >= 0.6 is 15.9 Å². The van der Waals surface area contributed by atoms with Gasteiger partial charge in [-0.1, -0.05) is 48.0 Å². The van der Waals surface area contributed by atoms with E-state index in [9.17, 15) is 0 Å². The second-order valence-corrected chi connectivity index (χ2v) is 5.64. The van der Waals surface area contributed by atoms with Crippen molar-refractivity contribution >= 4 is 15.9 Å². The number of benzene rings is 1. The molecular weight excluding hydrogens is 316 g/mol. The van der Waals surface area contributed by atoms with Crippen LogP contribution in [0.3, 0.4) is 0 Å². The second-order valence-electron chi connectivity index (χ2n) is 5.08. The van der Waals surface area contributed by atoms with Crippen molar-refractivity contribution in [2.75, 3.05) is 6.61 Å². The number of aromatic nitrogens is 2. The van der Waals surface area contributed by atoms with E-state index in [2.05, 4.69) is 39.6 Å². The highest BCUT2D eigenvalue weighted by Crippen LogP contribution is 2.21. The van der Waals surface area contributed by atoms with Crippen molar-refractivity contribution in [1.29, 1.82) is 0 Å². The van der Waals surface area contributed by atoms with Gasteiger partial charge in [-0.15, -0.1) is 0 Å². The van der Waals surface area contributed by atoms with Crippen molar-refractivity contribution in [1.82, 2.24) is 9.78 Å². The zero-order chi connectivity index (χ0) is 14.4. The van der Waals surface area contributed by atoms with Gasteiger partial charge in [0.2, 0.25) is 0 Å². The maximum atomic E-state index is 5.71. The highest BCUT2D eigenvalue weighted by atomic mass is 79.9. The molecule has 0 saturated carbocycles. The molecule has 0 aliphatic carbocycles. The first-order valence-corrected chi connectivity index (χ1v) is 8.13. The van der Waals surface area contributed by atoms with Crippen molar-refractivity contribution in [2.45, 2.75) is 38.1 Å². The van der Waals surface area contributed by atoms with E-state index in [0.29, 0.717) is 12.5 Å². The van der Waals surface area contributed by atoms with E-state index in [1.165, 1.54) is 11.3 Å². The minimum atomic E-state index is 0.486. The molecule has 0 spiro atoms. The van der Waals surface area contributed by atoms with Crippen molar-refractivity contribution < 1.29 is 4.74 Å². The Morgan fingerprint density at radius 3 is 2.65 bits per heavy atom. The first-order valence-electron chi connectivity index (χ1n) is 7.00. The Hall–Kier alpha value is -1.29. The minimum absolute atomic E-state index is 0.486. The number of aryl methyl sites for hydroxylation is 1. The molecule has 1 heterocycles. The lowest BCUT2D eigenvalue weighted by Gasteiger charge is -2.12. The summed E-state index contributed by atoms with van der Waals surface area (Å²) >= 11 is 3.52. The number of alkyl halides is 1.